The van der Waals surface area contributed by atoms with Crippen LogP contribution in [-0.4, -0.2) is 49.7 Å². The number of carbonyl (C=O) groups excluding carboxylic acids is 1. The summed E-state index contributed by atoms with van der Waals surface area (Å²) in [7, 11) is 0. The fourth-order valence-electron chi connectivity index (χ4n) is 2.27. The predicted octanol–water partition coefficient (Wildman–Crippen LogP) is 2.10. The first-order valence-electron chi connectivity index (χ1n) is 6.50. The number of nitrogens with zero attached hydrogens (tertiary/aromatic N) is 1. The number of likely N-dealkylation sites (tertiary alicyclic amines) is 1. The molecule has 1 fully saturated rings. The van der Waals surface area contributed by atoms with Crippen LogP contribution in [0.15, 0.2) is 0 Å². The highest BCUT2D eigenvalue weighted by atomic mass is 19.3. The molecule has 0 aliphatic carbocycles. The minimum Gasteiger partial charge on any atom is -0.450 e. The molecule has 1 saturated heterocycles. The third kappa shape index (κ3) is 4.76. The molecule has 0 aromatic carbocycles. The van der Waals surface area contributed by atoms with E-state index in [1.54, 1.807) is 11.8 Å². The van der Waals surface area contributed by atoms with E-state index in [0.29, 0.717) is 25.6 Å². The fraction of sp³-hybridized carbons (Fsp3) is 0.917. The molecule has 1 amide bonds. The van der Waals surface area contributed by atoms with E-state index in [0.717, 1.165) is 12.8 Å². The van der Waals surface area contributed by atoms with Crippen molar-refractivity contribution in [3.8, 4) is 0 Å². The quantitative estimate of drug-likeness (QED) is 0.826. The fourth-order valence-corrected chi connectivity index (χ4v) is 2.27. The van der Waals surface area contributed by atoms with Crippen molar-refractivity contribution in [2.75, 3.05) is 26.2 Å². The summed E-state index contributed by atoms with van der Waals surface area (Å²) in [6.07, 6.45) is -0.940. The zero-order chi connectivity index (χ0) is 13.5. The second-order valence-electron chi connectivity index (χ2n) is 4.61. The highest BCUT2D eigenvalue weighted by Gasteiger charge is 2.29. The van der Waals surface area contributed by atoms with Gasteiger partial charge in [-0.2, -0.15) is 0 Å². The normalized spacial score (nSPS) is 24.4. The van der Waals surface area contributed by atoms with Crippen molar-refractivity contribution in [3.05, 3.63) is 0 Å². The van der Waals surface area contributed by atoms with Gasteiger partial charge in [0.05, 0.1) is 13.2 Å². The Bertz CT molecular complexity index is 264. The molecule has 2 unspecified atom stereocenters. The second kappa shape index (κ2) is 7.51. The molecule has 1 rings (SSSR count). The molecule has 0 bridgehead atoms. The van der Waals surface area contributed by atoms with Crippen LogP contribution in [-0.2, 0) is 4.74 Å². The lowest BCUT2D eigenvalue weighted by atomic mass is 9.92. The van der Waals surface area contributed by atoms with Crippen LogP contribution in [0, 0.1) is 5.92 Å². The van der Waals surface area contributed by atoms with E-state index in [-0.39, 0.29) is 18.7 Å². The molecule has 0 radical (unpaired) electrons. The second-order valence-corrected chi connectivity index (χ2v) is 4.61. The number of amides is 1. The molecule has 1 N–H and O–H groups in total. The molecule has 1 aliphatic heterocycles. The third-order valence-corrected chi connectivity index (χ3v) is 3.20. The van der Waals surface area contributed by atoms with Crippen molar-refractivity contribution >= 4 is 6.09 Å². The van der Waals surface area contributed by atoms with E-state index >= 15 is 0 Å². The van der Waals surface area contributed by atoms with Crippen molar-refractivity contribution in [1.82, 2.24) is 10.2 Å². The van der Waals surface area contributed by atoms with Gasteiger partial charge in [-0.05, 0) is 19.3 Å². The molecule has 0 aromatic rings. The first-order chi connectivity index (χ1) is 8.56. The van der Waals surface area contributed by atoms with Crippen molar-refractivity contribution in [1.29, 1.82) is 0 Å². The minimum absolute atomic E-state index is 0.0675. The van der Waals surface area contributed by atoms with Crippen molar-refractivity contribution < 1.29 is 18.3 Å². The number of alkyl halides is 2. The number of nitrogens with one attached hydrogen (secondary N) is 1. The Morgan fingerprint density at radius 1 is 1.44 bits per heavy atom. The van der Waals surface area contributed by atoms with Crippen LogP contribution in [0.5, 0.6) is 0 Å². The summed E-state index contributed by atoms with van der Waals surface area (Å²) in [6.45, 7) is 4.92. The lowest BCUT2D eigenvalue weighted by Crippen LogP contribution is -2.52. The van der Waals surface area contributed by atoms with Crippen molar-refractivity contribution in [2.45, 2.75) is 39.2 Å². The molecular formula is C12H22F2N2O2. The van der Waals surface area contributed by atoms with Crippen molar-refractivity contribution in [3.63, 3.8) is 0 Å². The van der Waals surface area contributed by atoms with E-state index < -0.39 is 6.43 Å². The van der Waals surface area contributed by atoms with E-state index in [1.165, 1.54) is 0 Å². The molecule has 2 atom stereocenters. The van der Waals surface area contributed by atoms with E-state index in [9.17, 15) is 13.6 Å². The topological polar surface area (TPSA) is 41.6 Å². The molecule has 6 heteroatoms. The smallest absolute Gasteiger partial charge is 0.409 e. The molecule has 18 heavy (non-hydrogen) atoms. The number of carbonyl (C=O) groups is 1. The minimum atomic E-state index is -2.36. The Morgan fingerprint density at radius 3 is 2.72 bits per heavy atom. The van der Waals surface area contributed by atoms with E-state index in [4.69, 9.17) is 4.74 Å². The molecular weight excluding hydrogens is 242 g/mol. The Hall–Kier alpha value is -0.910. The summed E-state index contributed by atoms with van der Waals surface area (Å²) in [5, 5.41) is 2.81. The number of halogens is 2. The lowest BCUT2D eigenvalue weighted by molar-refractivity contribution is 0.0731. The van der Waals surface area contributed by atoms with Gasteiger partial charge in [-0.3, -0.25) is 0 Å². The molecule has 0 aromatic heterocycles. The van der Waals surface area contributed by atoms with Gasteiger partial charge in [-0.15, -0.1) is 0 Å². The Morgan fingerprint density at radius 2 is 2.17 bits per heavy atom. The number of rotatable bonds is 5. The molecule has 0 spiro atoms. The summed E-state index contributed by atoms with van der Waals surface area (Å²) >= 11 is 0. The van der Waals surface area contributed by atoms with Crippen LogP contribution in [0.2, 0.25) is 0 Å². The highest BCUT2D eigenvalue weighted by Crippen LogP contribution is 2.20. The predicted molar refractivity (Wildman–Crippen MR) is 64.8 cm³/mol. The summed E-state index contributed by atoms with van der Waals surface area (Å²) in [4.78, 5) is 13.3. The van der Waals surface area contributed by atoms with Crippen LogP contribution in [0.25, 0.3) is 0 Å². The van der Waals surface area contributed by atoms with Gasteiger partial charge in [0.15, 0.2) is 0 Å². The molecule has 106 valence electrons. The van der Waals surface area contributed by atoms with Crippen LogP contribution in [0.3, 0.4) is 0 Å². The van der Waals surface area contributed by atoms with Gasteiger partial charge in [0.2, 0.25) is 0 Å². The van der Waals surface area contributed by atoms with Gasteiger partial charge in [-0.1, -0.05) is 13.3 Å². The SMILES string of the molecule is CCOC(=O)N1CC(CC)CC(NCC(F)F)C1. The van der Waals surface area contributed by atoms with Gasteiger partial charge in [0.25, 0.3) is 6.43 Å². The van der Waals surface area contributed by atoms with E-state index in [2.05, 4.69) is 5.32 Å². The largest absolute Gasteiger partial charge is 0.450 e. The summed E-state index contributed by atoms with van der Waals surface area (Å²) in [6, 6.07) is -0.0675. The number of piperidine rings is 1. The monoisotopic (exact) mass is 264 g/mol. The average Bonchev–Trinajstić information content (AvgIpc) is 2.36. The molecule has 0 saturated carbocycles. The van der Waals surface area contributed by atoms with Gasteiger partial charge in [-0.25, -0.2) is 13.6 Å². The summed E-state index contributed by atoms with van der Waals surface area (Å²) in [5.41, 5.74) is 0. The number of ether oxygens (including phenoxy) is 1. The van der Waals surface area contributed by atoms with Gasteiger partial charge >= 0.3 is 6.09 Å². The lowest BCUT2D eigenvalue weighted by Gasteiger charge is -2.37. The zero-order valence-corrected chi connectivity index (χ0v) is 11.0. The Labute approximate surface area is 107 Å². The van der Waals surface area contributed by atoms with E-state index in [1.807, 2.05) is 6.92 Å². The van der Waals surface area contributed by atoms with Crippen LogP contribution in [0.1, 0.15) is 26.7 Å². The third-order valence-electron chi connectivity index (χ3n) is 3.20. The van der Waals surface area contributed by atoms with Gasteiger partial charge in [0, 0.05) is 19.1 Å². The summed E-state index contributed by atoms with van der Waals surface area (Å²) in [5.74, 6) is 0.346. The summed E-state index contributed by atoms with van der Waals surface area (Å²) < 4.78 is 29.3. The van der Waals surface area contributed by atoms with Crippen LogP contribution < -0.4 is 5.32 Å². The maximum Gasteiger partial charge on any atom is 0.409 e. The maximum absolute atomic E-state index is 12.2. The van der Waals surface area contributed by atoms with Gasteiger partial charge in [0.1, 0.15) is 0 Å². The number of hydrogen-bond donors (Lipinski definition) is 1. The molecule has 1 aliphatic rings. The highest BCUT2D eigenvalue weighted by molar-refractivity contribution is 5.67. The first kappa shape index (κ1) is 15.1. The maximum atomic E-state index is 12.2. The molecule has 4 nitrogen and oxygen atoms in total. The average molecular weight is 264 g/mol. The molecule has 1 heterocycles. The Kier molecular flexibility index (Phi) is 6.32. The first-order valence-corrected chi connectivity index (χ1v) is 6.50. The zero-order valence-electron chi connectivity index (χ0n) is 11.0. The van der Waals surface area contributed by atoms with Gasteiger partial charge < -0.3 is 15.0 Å². The standard InChI is InChI=1S/C12H22F2N2O2/c1-3-9-5-10(15-6-11(13)14)8-16(7-9)12(17)18-4-2/h9-11,15H,3-8H2,1-2H3. The van der Waals surface area contributed by atoms with Crippen LogP contribution >= 0.6 is 0 Å². The number of hydrogen-bond acceptors (Lipinski definition) is 3. The Balaban J connectivity index is 2.51. The van der Waals surface area contributed by atoms with Crippen LogP contribution in [0.4, 0.5) is 13.6 Å². The van der Waals surface area contributed by atoms with Crippen molar-refractivity contribution in [2.24, 2.45) is 5.92 Å².